The first-order chi connectivity index (χ1) is 12.0. The minimum Gasteiger partial charge on any atom is -0.481 e. The zero-order valence-corrected chi connectivity index (χ0v) is 14.5. The number of pyridine rings is 1. The quantitative estimate of drug-likeness (QED) is 0.931. The Morgan fingerprint density at radius 1 is 1.12 bits per heavy atom. The molecule has 5 heteroatoms. The van der Waals surface area contributed by atoms with Gasteiger partial charge in [-0.2, -0.15) is 0 Å². The van der Waals surface area contributed by atoms with Gasteiger partial charge in [0.1, 0.15) is 0 Å². The standard InChI is InChI=1S/C20H22N2O3/c1-13-8-9-16(20(24)25)12-22(13)19(23)17-10-11-18(21-14(17)2)15-6-4-3-5-7-15/h3-7,10-11,13,16H,8-9,12H2,1-2H3,(H,24,25). The van der Waals surface area contributed by atoms with E-state index in [0.717, 1.165) is 11.3 Å². The molecule has 0 spiro atoms. The molecule has 1 aliphatic heterocycles. The molecule has 0 saturated carbocycles. The topological polar surface area (TPSA) is 70.5 Å². The van der Waals surface area contributed by atoms with E-state index in [1.54, 1.807) is 11.0 Å². The van der Waals surface area contributed by atoms with Crippen LogP contribution in [-0.4, -0.2) is 39.5 Å². The number of carboxylic acids is 1. The van der Waals surface area contributed by atoms with Crippen molar-refractivity contribution in [2.75, 3.05) is 6.54 Å². The van der Waals surface area contributed by atoms with Gasteiger partial charge in [-0.05, 0) is 38.8 Å². The number of carboxylic acid groups (broad SMARTS) is 1. The summed E-state index contributed by atoms with van der Waals surface area (Å²) in [6.07, 6.45) is 1.32. The summed E-state index contributed by atoms with van der Waals surface area (Å²) in [6.45, 7) is 4.05. The van der Waals surface area contributed by atoms with Crippen molar-refractivity contribution in [3.8, 4) is 11.3 Å². The molecular formula is C20H22N2O3. The van der Waals surface area contributed by atoms with Gasteiger partial charge in [-0.1, -0.05) is 30.3 Å². The molecule has 0 bridgehead atoms. The summed E-state index contributed by atoms with van der Waals surface area (Å²) in [5.74, 6) is -1.46. The number of nitrogens with zero attached hydrogens (tertiary/aromatic N) is 2. The largest absolute Gasteiger partial charge is 0.481 e. The molecular weight excluding hydrogens is 316 g/mol. The third-order valence-electron chi connectivity index (χ3n) is 4.88. The van der Waals surface area contributed by atoms with Gasteiger partial charge in [-0.3, -0.25) is 14.6 Å². The van der Waals surface area contributed by atoms with Crippen LogP contribution in [0.4, 0.5) is 0 Å². The van der Waals surface area contributed by atoms with Gasteiger partial charge in [0.05, 0.1) is 22.9 Å². The summed E-state index contributed by atoms with van der Waals surface area (Å²) in [5.41, 5.74) is 3.03. The van der Waals surface area contributed by atoms with Gasteiger partial charge in [0, 0.05) is 18.2 Å². The van der Waals surface area contributed by atoms with E-state index in [2.05, 4.69) is 4.98 Å². The van der Waals surface area contributed by atoms with Crippen LogP contribution in [0.3, 0.4) is 0 Å². The van der Waals surface area contributed by atoms with Crippen LogP contribution in [0.2, 0.25) is 0 Å². The lowest BCUT2D eigenvalue weighted by molar-refractivity contribution is -0.143. The fourth-order valence-electron chi connectivity index (χ4n) is 3.30. The van der Waals surface area contributed by atoms with E-state index in [4.69, 9.17) is 0 Å². The summed E-state index contributed by atoms with van der Waals surface area (Å²) < 4.78 is 0. The number of benzene rings is 1. The molecule has 1 saturated heterocycles. The average Bonchev–Trinajstić information content (AvgIpc) is 2.62. The zero-order valence-electron chi connectivity index (χ0n) is 14.5. The Kier molecular flexibility index (Phi) is 4.83. The van der Waals surface area contributed by atoms with E-state index in [9.17, 15) is 14.7 Å². The molecule has 0 aliphatic carbocycles. The van der Waals surface area contributed by atoms with Gasteiger partial charge in [0.25, 0.3) is 5.91 Å². The second kappa shape index (κ2) is 7.05. The maximum absolute atomic E-state index is 12.9. The molecule has 3 rings (SSSR count). The fraction of sp³-hybridized carbons (Fsp3) is 0.350. The Hall–Kier alpha value is -2.69. The molecule has 2 atom stereocenters. The molecule has 1 N–H and O–H groups in total. The highest BCUT2D eigenvalue weighted by Gasteiger charge is 2.33. The smallest absolute Gasteiger partial charge is 0.308 e. The molecule has 5 nitrogen and oxygen atoms in total. The Morgan fingerprint density at radius 3 is 2.48 bits per heavy atom. The Bertz CT molecular complexity index is 789. The van der Waals surface area contributed by atoms with Crippen molar-refractivity contribution in [1.29, 1.82) is 0 Å². The van der Waals surface area contributed by atoms with Crippen LogP contribution in [0.1, 0.15) is 35.8 Å². The molecule has 25 heavy (non-hydrogen) atoms. The van der Waals surface area contributed by atoms with Crippen molar-refractivity contribution in [3.63, 3.8) is 0 Å². The van der Waals surface area contributed by atoms with Crippen LogP contribution in [-0.2, 0) is 4.79 Å². The molecule has 1 aromatic carbocycles. The molecule has 2 heterocycles. The van der Waals surface area contributed by atoms with Crippen LogP contribution < -0.4 is 0 Å². The normalized spacial score (nSPS) is 20.3. The van der Waals surface area contributed by atoms with E-state index in [1.807, 2.05) is 50.2 Å². The second-order valence-corrected chi connectivity index (χ2v) is 6.61. The predicted molar refractivity (Wildman–Crippen MR) is 95.3 cm³/mol. The number of rotatable bonds is 3. The monoisotopic (exact) mass is 338 g/mol. The summed E-state index contributed by atoms with van der Waals surface area (Å²) in [4.78, 5) is 30.5. The number of piperidine rings is 1. The van der Waals surface area contributed by atoms with Crippen LogP contribution >= 0.6 is 0 Å². The molecule has 2 aromatic rings. The lowest BCUT2D eigenvalue weighted by Crippen LogP contribution is -2.47. The first-order valence-corrected chi connectivity index (χ1v) is 8.54. The number of likely N-dealkylation sites (tertiary alicyclic amines) is 1. The molecule has 1 aromatic heterocycles. The average molecular weight is 338 g/mol. The second-order valence-electron chi connectivity index (χ2n) is 6.61. The lowest BCUT2D eigenvalue weighted by atomic mass is 9.92. The van der Waals surface area contributed by atoms with Gasteiger partial charge in [0.15, 0.2) is 0 Å². The SMILES string of the molecule is Cc1nc(-c2ccccc2)ccc1C(=O)N1CC(C(=O)O)CCC1C. The number of carbonyl (C=O) groups excluding carboxylic acids is 1. The first kappa shape index (κ1) is 17.1. The van der Waals surface area contributed by atoms with Crippen molar-refractivity contribution in [3.05, 3.63) is 53.7 Å². The predicted octanol–water partition coefficient (Wildman–Crippen LogP) is 3.38. The number of hydrogen-bond donors (Lipinski definition) is 1. The third-order valence-corrected chi connectivity index (χ3v) is 4.88. The third kappa shape index (κ3) is 3.55. The molecule has 1 fully saturated rings. The lowest BCUT2D eigenvalue weighted by Gasteiger charge is -2.36. The minimum atomic E-state index is -0.834. The number of aryl methyl sites for hydroxylation is 1. The van der Waals surface area contributed by atoms with Crippen molar-refractivity contribution in [2.45, 2.75) is 32.7 Å². The molecule has 130 valence electrons. The fourth-order valence-corrected chi connectivity index (χ4v) is 3.30. The van der Waals surface area contributed by atoms with Crippen molar-refractivity contribution in [1.82, 2.24) is 9.88 Å². The van der Waals surface area contributed by atoms with Gasteiger partial charge in [0.2, 0.25) is 0 Å². The van der Waals surface area contributed by atoms with E-state index < -0.39 is 11.9 Å². The number of carbonyl (C=O) groups is 2. The minimum absolute atomic E-state index is 0.0382. The number of aromatic nitrogens is 1. The highest BCUT2D eigenvalue weighted by atomic mass is 16.4. The number of aliphatic carboxylic acids is 1. The maximum atomic E-state index is 12.9. The Labute approximate surface area is 147 Å². The van der Waals surface area contributed by atoms with Gasteiger partial charge in [-0.25, -0.2) is 0 Å². The highest BCUT2D eigenvalue weighted by Crippen LogP contribution is 2.25. The van der Waals surface area contributed by atoms with E-state index in [-0.39, 0.29) is 18.5 Å². The van der Waals surface area contributed by atoms with Crippen molar-refractivity contribution >= 4 is 11.9 Å². The van der Waals surface area contributed by atoms with E-state index >= 15 is 0 Å². The molecule has 2 unspecified atom stereocenters. The van der Waals surface area contributed by atoms with Crippen LogP contribution in [0.5, 0.6) is 0 Å². The van der Waals surface area contributed by atoms with Crippen molar-refractivity contribution in [2.24, 2.45) is 5.92 Å². The molecule has 1 aliphatic rings. The number of amides is 1. The van der Waals surface area contributed by atoms with Crippen molar-refractivity contribution < 1.29 is 14.7 Å². The van der Waals surface area contributed by atoms with E-state index in [1.165, 1.54) is 0 Å². The molecule has 1 amide bonds. The van der Waals surface area contributed by atoms with Crippen LogP contribution in [0, 0.1) is 12.8 Å². The zero-order chi connectivity index (χ0) is 18.0. The summed E-state index contributed by atoms with van der Waals surface area (Å²) in [5, 5.41) is 9.26. The van der Waals surface area contributed by atoms with Gasteiger partial charge >= 0.3 is 5.97 Å². The highest BCUT2D eigenvalue weighted by molar-refractivity contribution is 5.96. The summed E-state index contributed by atoms with van der Waals surface area (Å²) in [7, 11) is 0. The Balaban J connectivity index is 1.86. The van der Waals surface area contributed by atoms with E-state index in [0.29, 0.717) is 24.1 Å². The summed E-state index contributed by atoms with van der Waals surface area (Å²) >= 11 is 0. The van der Waals surface area contributed by atoms with Crippen LogP contribution in [0.15, 0.2) is 42.5 Å². The Morgan fingerprint density at radius 2 is 1.84 bits per heavy atom. The first-order valence-electron chi connectivity index (χ1n) is 8.54. The van der Waals surface area contributed by atoms with Crippen LogP contribution in [0.25, 0.3) is 11.3 Å². The number of hydrogen-bond acceptors (Lipinski definition) is 3. The molecule has 0 radical (unpaired) electrons. The summed E-state index contributed by atoms with van der Waals surface area (Å²) in [6, 6.07) is 13.5. The maximum Gasteiger partial charge on any atom is 0.308 e. The van der Waals surface area contributed by atoms with Gasteiger partial charge < -0.3 is 10.0 Å². The van der Waals surface area contributed by atoms with Gasteiger partial charge in [-0.15, -0.1) is 0 Å².